The Labute approximate surface area is 109 Å². The zero-order valence-electron chi connectivity index (χ0n) is 10.4. The summed E-state index contributed by atoms with van der Waals surface area (Å²) in [5.74, 6) is 0.726. The number of carbonyl (C=O) groups excluding carboxylic acids is 1. The number of nitrogens with two attached hydrogens (primary N) is 1. The lowest BCUT2D eigenvalue weighted by atomic mass is 9.93. The zero-order valence-corrected chi connectivity index (χ0v) is 11.2. The number of ether oxygens (including phenoxy) is 1. The Hall–Kier alpha value is -0.320. The summed E-state index contributed by atoms with van der Waals surface area (Å²) in [5, 5.41) is 3.13. The molecule has 0 spiro atoms. The van der Waals surface area contributed by atoms with Gasteiger partial charge in [-0.15, -0.1) is 12.4 Å². The van der Waals surface area contributed by atoms with Crippen LogP contribution in [0.5, 0.6) is 0 Å². The van der Waals surface area contributed by atoms with Crippen LogP contribution in [0.25, 0.3) is 0 Å². The third kappa shape index (κ3) is 3.57. The standard InChI is InChI=1S/C12H22N2O2.ClH/c1-12(8-13,10-4-5-10)14-11(15)9-3-2-6-16-7-9;/h9-10H,2-8,13H2,1H3,(H,14,15);1H. The van der Waals surface area contributed by atoms with E-state index in [1.807, 2.05) is 0 Å². The lowest BCUT2D eigenvalue weighted by Crippen LogP contribution is -2.55. The first-order valence-corrected chi connectivity index (χ1v) is 6.25. The van der Waals surface area contributed by atoms with E-state index in [1.165, 1.54) is 12.8 Å². The minimum absolute atomic E-state index is 0. The second-order valence-corrected chi connectivity index (χ2v) is 5.30. The average Bonchev–Trinajstić information content (AvgIpc) is 3.14. The highest BCUT2D eigenvalue weighted by atomic mass is 35.5. The van der Waals surface area contributed by atoms with Gasteiger partial charge in [-0.3, -0.25) is 4.79 Å². The van der Waals surface area contributed by atoms with Crippen molar-refractivity contribution < 1.29 is 9.53 Å². The Kier molecular flexibility index (Phi) is 5.22. The van der Waals surface area contributed by atoms with Crippen LogP contribution in [0.3, 0.4) is 0 Å². The molecule has 4 nitrogen and oxygen atoms in total. The maximum absolute atomic E-state index is 12.1. The molecule has 3 N–H and O–H groups in total. The van der Waals surface area contributed by atoms with Crippen LogP contribution >= 0.6 is 12.4 Å². The Morgan fingerprint density at radius 1 is 1.47 bits per heavy atom. The Balaban J connectivity index is 0.00000144. The van der Waals surface area contributed by atoms with Crippen molar-refractivity contribution >= 4 is 18.3 Å². The smallest absolute Gasteiger partial charge is 0.225 e. The fraction of sp³-hybridized carbons (Fsp3) is 0.917. The van der Waals surface area contributed by atoms with Gasteiger partial charge in [-0.1, -0.05) is 0 Å². The maximum Gasteiger partial charge on any atom is 0.225 e. The summed E-state index contributed by atoms with van der Waals surface area (Å²) in [7, 11) is 0. The minimum Gasteiger partial charge on any atom is -0.381 e. The number of carbonyl (C=O) groups is 1. The molecular formula is C12H23ClN2O2. The molecule has 5 heteroatoms. The molecule has 2 fully saturated rings. The van der Waals surface area contributed by atoms with Gasteiger partial charge in [-0.2, -0.15) is 0 Å². The third-order valence-corrected chi connectivity index (χ3v) is 3.84. The molecule has 0 aromatic heterocycles. The quantitative estimate of drug-likeness (QED) is 0.797. The molecule has 2 unspecified atom stereocenters. The van der Waals surface area contributed by atoms with Crippen molar-refractivity contribution in [2.75, 3.05) is 19.8 Å². The van der Waals surface area contributed by atoms with E-state index in [-0.39, 0.29) is 29.8 Å². The van der Waals surface area contributed by atoms with Gasteiger partial charge in [-0.05, 0) is 38.5 Å². The van der Waals surface area contributed by atoms with Crippen LogP contribution in [-0.4, -0.2) is 31.2 Å². The summed E-state index contributed by atoms with van der Waals surface area (Å²) in [6, 6.07) is 0. The number of nitrogens with one attached hydrogen (secondary N) is 1. The molecule has 1 heterocycles. The van der Waals surface area contributed by atoms with Crippen molar-refractivity contribution in [2.45, 2.75) is 38.1 Å². The molecule has 100 valence electrons. The van der Waals surface area contributed by atoms with Crippen LogP contribution < -0.4 is 11.1 Å². The van der Waals surface area contributed by atoms with Crippen molar-refractivity contribution in [3.8, 4) is 0 Å². The Morgan fingerprint density at radius 3 is 2.65 bits per heavy atom. The van der Waals surface area contributed by atoms with Crippen molar-refractivity contribution in [1.82, 2.24) is 5.32 Å². The number of hydrogen-bond donors (Lipinski definition) is 2. The molecule has 17 heavy (non-hydrogen) atoms. The van der Waals surface area contributed by atoms with E-state index >= 15 is 0 Å². The van der Waals surface area contributed by atoms with Gasteiger partial charge in [0.05, 0.1) is 18.1 Å². The van der Waals surface area contributed by atoms with Crippen LogP contribution in [0, 0.1) is 11.8 Å². The third-order valence-electron chi connectivity index (χ3n) is 3.84. The second kappa shape index (κ2) is 6.03. The Morgan fingerprint density at radius 2 is 2.18 bits per heavy atom. The van der Waals surface area contributed by atoms with Gasteiger partial charge in [0.2, 0.25) is 5.91 Å². The summed E-state index contributed by atoms with van der Waals surface area (Å²) in [6.45, 7) is 3.95. The van der Waals surface area contributed by atoms with Gasteiger partial charge >= 0.3 is 0 Å². The molecule has 1 aliphatic carbocycles. The van der Waals surface area contributed by atoms with Crippen molar-refractivity contribution in [3.05, 3.63) is 0 Å². The molecule has 2 aliphatic rings. The molecule has 1 aliphatic heterocycles. The number of hydrogen-bond acceptors (Lipinski definition) is 3. The molecule has 0 aromatic rings. The summed E-state index contributed by atoms with van der Waals surface area (Å²) >= 11 is 0. The van der Waals surface area contributed by atoms with Crippen molar-refractivity contribution in [3.63, 3.8) is 0 Å². The average molecular weight is 263 g/mol. The second-order valence-electron chi connectivity index (χ2n) is 5.30. The molecular weight excluding hydrogens is 240 g/mol. The minimum atomic E-state index is -0.200. The number of rotatable bonds is 4. The fourth-order valence-electron chi connectivity index (χ4n) is 2.37. The highest BCUT2D eigenvalue weighted by Gasteiger charge is 2.42. The van der Waals surface area contributed by atoms with Gasteiger partial charge in [0.25, 0.3) is 0 Å². The first kappa shape index (κ1) is 14.7. The monoisotopic (exact) mass is 262 g/mol. The lowest BCUT2D eigenvalue weighted by molar-refractivity contribution is -0.131. The fourth-order valence-corrected chi connectivity index (χ4v) is 2.37. The normalized spacial score (nSPS) is 27.8. The molecule has 0 aromatic carbocycles. The molecule has 0 bridgehead atoms. The first-order valence-electron chi connectivity index (χ1n) is 6.25. The van der Waals surface area contributed by atoms with E-state index in [0.29, 0.717) is 19.1 Å². The SMILES string of the molecule is CC(CN)(NC(=O)C1CCCOC1)C1CC1.Cl. The predicted molar refractivity (Wildman–Crippen MR) is 69.1 cm³/mol. The van der Waals surface area contributed by atoms with E-state index in [0.717, 1.165) is 19.4 Å². The molecule has 1 saturated heterocycles. The summed E-state index contributed by atoms with van der Waals surface area (Å²) in [5.41, 5.74) is 5.58. The van der Waals surface area contributed by atoms with Gasteiger partial charge in [0.15, 0.2) is 0 Å². The summed E-state index contributed by atoms with van der Waals surface area (Å²) in [6.07, 6.45) is 4.31. The van der Waals surface area contributed by atoms with Crippen molar-refractivity contribution in [2.24, 2.45) is 17.6 Å². The lowest BCUT2D eigenvalue weighted by Gasteiger charge is -2.32. The molecule has 1 amide bonds. The molecule has 2 atom stereocenters. The predicted octanol–water partition coefficient (Wildman–Crippen LogP) is 1.08. The van der Waals surface area contributed by atoms with Gasteiger partial charge in [0, 0.05) is 13.2 Å². The first-order chi connectivity index (χ1) is 7.65. The summed E-state index contributed by atoms with van der Waals surface area (Å²) in [4.78, 5) is 12.1. The highest BCUT2D eigenvalue weighted by Crippen LogP contribution is 2.39. The molecule has 2 rings (SSSR count). The number of halogens is 1. The zero-order chi connectivity index (χ0) is 11.6. The van der Waals surface area contributed by atoms with Gasteiger partial charge in [0.1, 0.15) is 0 Å². The molecule has 1 saturated carbocycles. The van der Waals surface area contributed by atoms with Crippen LogP contribution in [-0.2, 0) is 9.53 Å². The topological polar surface area (TPSA) is 64.3 Å². The highest BCUT2D eigenvalue weighted by molar-refractivity contribution is 5.85. The van der Waals surface area contributed by atoms with Crippen LogP contribution in [0.1, 0.15) is 32.6 Å². The summed E-state index contributed by atoms with van der Waals surface area (Å²) < 4.78 is 5.34. The maximum atomic E-state index is 12.1. The van der Waals surface area contributed by atoms with E-state index in [4.69, 9.17) is 10.5 Å². The van der Waals surface area contributed by atoms with E-state index < -0.39 is 0 Å². The molecule has 0 radical (unpaired) electrons. The van der Waals surface area contributed by atoms with E-state index in [2.05, 4.69) is 12.2 Å². The van der Waals surface area contributed by atoms with Crippen LogP contribution in [0.4, 0.5) is 0 Å². The largest absolute Gasteiger partial charge is 0.381 e. The van der Waals surface area contributed by atoms with E-state index in [9.17, 15) is 4.79 Å². The van der Waals surface area contributed by atoms with Crippen LogP contribution in [0.2, 0.25) is 0 Å². The van der Waals surface area contributed by atoms with Crippen LogP contribution in [0.15, 0.2) is 0 Å². The number of amides is 1. The van der Waals surface area contributed by atoms with Gasteiger partial charge in [-0.25, -0.2) is 0 Å². The van der Waals surface area contributed by atoms with Gasteiger partial charge < -0.3 is 15.8 Å². The van der Waals surface area contributed by atoms with E-state index in [1.54, 1.807) is 0 Å². The Bertz CT molecular complexity index is 265. The van der Waals surface area contributed by atoms with Crippen molar-refractivity contribution in [1.29, 1.82) is 0 Å².